The number of nitro benzene ring substituents is 1. The number of halogens is 1. The van der Waals surface area contributed by atoms with E-state index >= 15 is 0 Å². The van der Waals surface area contributed by atoms with Gasteiger partial charge in [-0.3, -0.25) is 25.3 Å². The third kappa shape index (κ3) is 6.84. The van der Waals surface area contributed by atoms with Crippen LogP contribution in [0.3, 0.4) is 0 Å². The standard InChI is InChI=1S/C9H7IN2O9S.Na/c10-4-7(12(16)17)9(13)19-5-1-2-8(22-21-20-18)6(3-5)11(14)15;/h1-3,7,18H,4H2;/q;+1/p-1. The molecule has 0 aliphatic carbocycles. The summed E-state index contributed by atoms with van der Waals surface area (Å²) >= 11 is 1.94. The van der Waals surface area contributed by atoms with Gasteiger partial charge in [0.05, 0.1) is 27.5 Å². The van der Waals surface area contributed by atoms with Crippen LogP contribution in [0.4, 0.5) is 5.69 Å². The fourth-order valence-electron chi connectivity index (χ4n) is 1.21. The Morgan fingerprint density at radius 3 is 2.48 bits per heavy atom. The Kier molecular flexibility index (Phi) is 10.8. The van der Waals surface area contributed by atoms with Crippen LogP contribution in [0.2, 0.25) is 0 Å². The second-order valence-corrected chi connectivity index (χ2v) is 5.11. The molecule has 0 bridgehead atoms. The average molecular weight is 468 g/mol. The van der Waals surface area contributed by atoms with Gasteiger partial charge in [-0.15, -0.1) is 0 Å². The van der Waals surface area contributed by atoms with Gasteiger partial charge in [0.2, 0.25) is 0 Å². The number of esters is 1. The smallest absolute Gasteiger partial charge is 0.691 e. The fraction of sp³-hybridized carbons (Fsp3) is 0.222. The van der Waals surface area contributed by atoms with Gasteiger partial charge < -0.3 is 9.99 Å². The summed E-state index contributed by atoms with van der Waals surface area (Å²) in [6.45, 7) is 0. The van der Waals surface area contributed by atoms with Gasteiger partial charge in [-0.25, -0.2) is 4.79 Å². The largest absolute Gasteiger partial charge is 1.00 e. The van der Waals surface area contributed by atoms with E-state index in [-0.39, 0.29) is 44.6 Å². The van der Waals surface area contributed by atoms with Crippen molar-refractivity contribution < 1.29 is 63.6 Å². The molecule has 11 nitrogen and oxygen atoms in total. The van der Waals surface area contributed by atoms with E-state index in [9.17, 15) is 30.3 Å². The van der Waals surface area contributed by atoms with E-state index in [0.717, 1.165) is 18.2 Å². The normalized spacial score (nSPS) is 11.2. The molecule has 120 valence electrons. The summed E-state index contributed by atoms with van der Waals surface area (Å²) in [4.78, 5) is 31.4. The summed E-state index contributed by atoms with van der Waals surface area (Å²) in [5, 5.41) is 34.3. The van der Waals surface area contributed by atoms with E-state index in [2.05, 4.69) is 9.37 Å². The third-order valence-corrected chi connectivity index (χ3v) is 3.65. The molecule has 1 unspecified atom stereocenters. The monoisotopic (exact) mass is 468 g/mol. The number of benzene rings is 1. The molecule has 0 saturated carbocycles. The van der Waals surface area contributed by atoms with Crippen LogP contribution in [-0.2, 0) is 14.2 Å². The van der Waals surface area contributed by atoms with Crippen molar-refractivity contribution in [2.45, 2.75) is 10.9 Å². The van der Waals surface area contributed by atoms with E-state index in [4.69, 9.17) is 4.74 Å². The summed E-state index contributed by atoms with van der Waals surface area (Å²) in [5.41, 5.74) is -0.528. The molecule has 0 N–H and O–H groups in total. The van der Waals surface area contributed by atoms with Gasteiger partial charge in [0, 0.05) is 4.92 Å². The number of carbonyl (C=O) groups is 1. The van der Waals surface area contributed by atoms with E-state index in [1.54, 1.807) is 22.6 Å². The number of alkyl halides is 1. The Morgan fingerprint density at radius 1 is 1.35 bits per heavy atom. The van der Waals surface area contributed by atoms with Crippen molar-refractivity contribution in [3.63, 3.8) is 0 Å². The second kappa shape index (κ2) is 11.1. The van der Waals surface area contributed by atoms with E-state index < -0.39 is 27.5 Å². The fourth-order valence-corrected chi connectivity index (χ4v) is 2.34. The number of hydrogen-bond acceptors (Lipinski definition) is 10. The summed E-state index contributed by atoms with van der Waals surface area (Å²) in [6.07, 6.45) is 0. The Hall–Kier alpha value is -0.550. The minimum atomic E-state index is -1.58. The molecule has 1 atom stereocenters. The number of carbonyl (C=O) groups excluding carboxylic acids is 1. The van der Waals surface area contributed by atoms with Gasteiger partial charge >= 0.3 is 41.6 Å². The molecule has 0 aliphatic rings. The molecule has 0 aliphatic heterocycles. The topological polar surface area (TPSA) is 154 Å². The Bertz CT molecular complexity index is 590. The van der Waals surface area contributed by atoms with Crippen LogP contribution in [0.15, 0.2) is 23.1 Å². The minimum Gasteiger partial charge on any atom is -0.691 e. The van der Waals surface area contributed by atoms with Crippen molar-refractivity contribution >= 4 is 46.3 Å². The summed E-state index contributed by atoms with van der Waals surface area (Å²) in [6, 6.07) is 1.59. The molecule has 14 heteroatoms. The Balaban J connectivity index is 0.00000484. The van der Waals surface area contributed by atoms with E-state index in [1.807, 2.05) is 0 Å². The Morgan fingerprint density at radius 2 is 2.00 bits per heavy atom. The first-order chi connectivity index (χ1) is 10.4. The zero-order valence-corrected chi connectivity index (χ0v) is 16.3. The minimum absolute atomic E-state index is 0. The molecule has 1 rings (SSSR count). The summed E-state index contributed by atoms with van der Waals surface area (Å²) in [7, 11) is 0. The molecule has 0 amide bonds. The van der Waals surface area contributed by atoms with Crippen LogP contribution in [0.25, 0.3) is 0 Å². The molecule has 0 fully saturated rings. The quantitative estimate of drug-likeness (QED) is 0.0473. The zero-order valence-electron chi connectivity index (χ0n) is 11.4. The predicted molar refractivity (Wildman–Crippen MR) is 76.4 cm³/mol. The maximum Gasteiger partial charge on any atom is 1.00 e. The van der Waals surface area contributed by atoms with Gasteiger partial charge in [0.25, 0.3) is 5.69 Å². The van der Waals surface area contributed by atoms with Crippen molar-refractivity contribution in [2.75, 3.05) is 4.43 Å². The van der Waals surface area contributed by atoms with Crippen LogP contribution in [0, 0.1) is 20.2 Å². The molecule has 1 aromatic carbocycles. The molecule has 0 heterocycles. The molecular weight excluding hydrogens is 462 g/mol. The van der Waals surface area contributed by atoms with Crippen LogP contribution in [0.5, 0.6) is 5.75 Å². The van der Waals surface area contributed by atoms with Gasteiger partial charge in [0.15, 0.2) is 0 Å². The second-order valence-electron chi connectivity index (χ2n) is 3.48. The first-order valence-electron chi connectivity index (χ1n) is 5.23. The van der Waals surface area contributed by atoms with Crippen LogP contribution in [-0.4, -0.2) is 26.3 Å². The first-order valence-corrected chi connectivity index (χ1v) is 7.50. The average Bonchev–Trinajstić information content (AvgIpc) is 2.45. The van der Waals surface area contributed by atoms with Crippen molar-refractivity contribution in [3.8, 4) is 5.75 Å². The molecule has 0 aromatic heterocycles. The molecule has 0 radical (unpaired) electrons. The zero-order chi connectivity index (χ0) is 16.7. The number of nitrogens with zero attached hydrogens (tertiary/aromatic N) is 2. The maximum atomic E-state index is 11.6. The molecule has 0 saturated heterocycles. The maximum absolute atomic E-state index is 11.6. The van der Waals surface area contributed by atoms with Crippen LogP contribution in [0.1, 0.15) is 0 Å². The predicted octanol–water partition coefficient (Wildman–Crippen LogP) is -2.18. The van der Waals surface area contributed by atoms with Crippen LogP contribution >= 0.6 is 34.6 Å². The molecule has 0 spiro atoms. The van der Waals surface area contributed by atoms with Gasteiger partial charge in [-0.1, -0.05) is 22.6 Å². The molecule has 23 heavy (non-hydrogen) atoms. The SMILES string of the molecule is O=C(Oc1ccc(SOO[O-])c([N+](=O)[O-])c1)C(CI)[N+](=O)[O-].[Na+]. The molecular formula is C9H6IN2NaO9S. The third-order valence-electron chi connectivity index (χ3n) is 2.17. The van der Waals surface area contributed by atoms with Crippen molar-refractivity contribution in [2.24, 2.45) is 0 Å². The van der Waals surface area contributed by atoms with Gasteiger partial charge in [0.1, 0.15) is 10.6 Å². The van der Waals surface area contributed by atoms with Crippen molar-refractivity contribution in [1.82, 2.24) is 0 Å². The van der Waals surface area contributed by atoms with Crippen molar-refractivity contribution in [1.29, 1.82) is 0 Å². The first kappa shape index (κ1) is 22.4. The number of hydrogen-bond donors (Lipinski definition) is 0. The summed E-state index contributed by atoms with van der Waals surface area (Å²) in [5.74, 6) is -1.39. The number of rotatable bonds is 8. The number of nitro groups is 2. The van der Waals surface area contributed by atoms with Gasteiger partial charge in [-0.05, 0) is 12.1 Å². The van der Waals surface area contributed by atoms with Crippen molar-refractivity contribution in [3.05, 3.63) is 38.4 Å². The van der Waals surface area contributed by atoms with Gasteiger partial charge in [-0.2, -0.15) is 4.33 Å². The van der Waals surface area contributed by atoms with Crippen LogP contribution < -0.4 is 39.6 Å². The van der Waals surface area contributed by atoms with E-state index in [1.165, 1.54) is 0 Å². The summed E-state index contributed by atoms with van der Waals surface area (Å²) < 4.78 is 8.61. The number of ether oxygens (including phenoxy) is 1. The Labute approximate surface area is 168 Å². The van der Waals surface area contributed by atoms with E-state index in [0.29, 0.717) is 12.0 Å². The molecule has 1 aromatic rings.